The quantitative estimate of drug-likeness (QED) is 0.382. The minimum atomic E-state index is -1.16. The van der Waals surface area contributed by atoms with Crippen molar-refractivity contribution in [1.29, 1.82) is 0 Å². The SMILES string of the molecule is COCCCC(NC(=O)C(N)CCC(=O)O)C(=O)O. The van der Waals surface area contributed by atoms with Gasteiger partial charge < -0.3 is 26.0 Å². The Morgan fingerprint density at radius 2 is 1.89 bits per heavy atom. The van der Waals surface area contributed by atoms with Gasteiger partial charge in [0.15, 0.2) is 0 Å². The van der Waals surface area contributed by atoms with E-state index in [1.165, 1.54) is 7.11 Å². The summed E-state index contributed by atoms with van der Waals surface area (Å²) >= 11 is 0. The number of nitrogens with two attached hydrogens (primary N) is 1. The standard InChI is InChI=1S/C11H20N2O6/c1-19-6-2-3-8(11(17)18)13-10(16)7(12)4-5-9(14)15/h7-8H,2-6,12H2,1H3,(H,13,16)(H,14,15)(H,17,18). The van der Waals surface area contributed by atoms with Gasteiger partial charge in [-0.05, 0) is 19.3 Å². The van der Waals surface area contributed by atoms with Crippen molar-refractivity contribution in [3.05, 3.63) is 0 Å². The fourth-order valence-corrected chi connectivity index (χ4v) is 1.38. The normalized spacial score (nSPS) is 13.6. The topological polar surface area (TPSA) is 139 Å². The van der Waals surface area contributed by atoms with E-state index in [1.54, 1.807) is 0 Å². The second kappa shape index (κ2) is 9.29. The molecule has 8 nitrogen and oxygen atoms in total. The number of carboxylic acids is 2. The number of carboxylic acid groups (broad SMARTS) is 2. The summed E-state index contributed by atoms with van der Waals surface area (Å²) in [6.07, 6.45) is 0.431. The van der Waals surface area contributed by atoms with Crippen molar-refractivity contribution in [3.63, 3.8) is 0 Å². The molecule has 0 aliphatic carbocycles. The van der Waals surface area contributed by atoms with Gasteiger partial charge in [0.05, 0.1) is 6.04 Å². The van der Waals surface area contributed by atoms with Crippen LogP contribution in [0.2, 0.25) is 0 Å². The van der Waals surface area contributed by atoms with Gasteiger partial charge in [0, 0.05) is 20.1 Å². The van der Waals surface area contributed by atoms with E-state index in [1.807, 2.05) is 0 Å². The average Bonchev–Trinajstić information content (AvgIpc) is 2.34. The van der Waals surface area contributed by atoms with Crippen molar-refractivity contribution in [1.82, 2.24) is 5.32 Å². The number of hydrogen-bond donors (Lipinski definition) is 4. The van der Waals surface area contributed by atoms with Gasteiger partial charge in [-0.15, -0.1) is 0 Å². The second-order valence-electron chi connectivity index (χ2n) is 4.07. The Labute approximate surface area is 110 Å². The predicted molar refractivity (Wildman–Crippen MR) is 65.5 cm³/mol. The lowest BCUT2D eigenvalue weighted by atomic mass is 10.1. The van der Waals surface area contributed by atoms with Gasteiger partial charge in [-0.3, -0.25) is 9.59 Å². The van der Waals surface area contributed by atoms with Crippen LogP contribution >= 0.6 is 0 Å². The lowest BCUT2D eigenvalue weighted by Gasteiger charge is -2.17. The number of amides is 1. The molecule has 110 valence electrons. The van der Waals surface area contributed by atoms with Crippen LogP contribution in [0.4, 0.5) is 0 Å². The number of aliphatic carboxylic acids is 2. The van der Waals surface area contributed by atoms with E-state index in [0.717, 1.165) is 0 Å². The number of carbonyl (C=O) groups is 3. The van der Waals surface area contributed by atoms with E-state index >= 15 is 0 Å². The second-order valence-corrected chi connectivity index (χ2v) is 4.07. The fourth-order valence-electron chi connectivity index (χ4n) is 1.38. The molecule has 0 aromatic rings. The minimum Gasteiger partial charge on any atom is -0.481 e. The third kappa shape index (κ3) is 8.11. The summed E-state index contributed by atoms with van der Waals surface area (Å²) in [5.41, 5.74) is 5.48. The van der Waals surface area contributed by atoms with Crippen LogP contribution < -0.4 is 11.1 Å². The largest absolute Gasteiger partial charge is 0.481 e. The third-order valence-corrected chi connectivity index (χ3v) is 2.46. The van der Waals surface area contributed by atoms with Crippen LogP contribution in [0, 0.1) is 0 Å². The van der Waals surface area contributed by atoms with Gasteiger partial charge in [0.2, 0.25) is 5.91 Å². The first-order valence-corrected chi connectivity index (χ1v) is 5.88. The Morgan fingerprint density at radius 3 is 2.37 bits per heavy atom. The molecular formula is C11H20N2O6. The highest BCUT2D eigenvalue weighted by Crippen LogP contribution is 2.01. The summed E-state index contributed by atoms with van der Waals surface area (Å²) in [6, 6.07) is -2.07. The van der Waals surface area contributed by atoms with Crippen molar-refractivity contribution in [2.24, 2.45) is 5.73 Å². The van der Waals surface area contributed by atoms with E-state index < -0.39 is 29.9 Å². The molecule has 2 atom stereocenters. The lowest BCUT2D eigenvalue weighted by molar-refractivity contribution is -0.142. The van der Waals surface area contributed by atoms with E-state index in [-0.39, 0.29) is 19.3 Å². The zero-order valence-electron chi connectivity index (χ0n) is 10.8. The Hall–Kier alpha value is -1.67. The highest BCUT2D eigenvalue weighted by molar-refractivity contribution is 5.87. The fraction of sp³-hybridized carbons (Fsp3) is 0.727. The molecule has 8 heteroatoms. The first-order valence-electron chi connectivity index (χ1n) is 5.88. The molecule has 0 fully saturated rings. The van der Waals surface area contributed by atoms with Crippen LogP contribution in [0.5, 0.6) is 0 Å². The minimum absolute atomic E-state index is 0.0361. The van der Waals surface area contributed by atoms with Crippen LogP contribution in [0.15, 0.2) is 0 Å². The maximum atomic E-state index is 11.6. The molecule has 19 heavy (non-hydrogen) atoms. The van der Waals surface area contributed by atoms with E-state index in [4.69, 9.17) is 20.7 Å². The highest BCUT2D eigenvalue weighted by atomic mass is 16.5. The summed E-state index contributed by atoms with van der Waals surface area (Å²) in [5, 5.41) is 19.7. The molecule has 0 aliphatic rings. The summed E-state index contributed by atoms with van der Waals surface area (Å²) < 4.78 is 4.79. The number of rotatable bonds is 10. The van der Waals surface area contributed by atoms with Gasteiger partial charge in [-0.2, -0.15) is 0 Å². The molecule has 0 spiro atoms. The van der Waals surface area contributed by atoms with E-state index in [9.17, 15) is 14.4 Å². The first kappa shape index (κ1) is 17.3. The smallest absolute Gasteiger partial charge is 0.326 e. The summed E-state index contributed by atoms with van der Waals surface area (Å²) in [4.78, 5) is 32.8. The first-order chi connectivity index (χ1) is 8.88. The number of carbonyl (C=O) groups excluding carboxylic acids is 1. The van der Waals surface area contributed by atoms with Crippen molar-refractivity contribution in [2.45, 2.75) is 37.8 Å². The molecule has 5 N–H and O–H groups in total. The maximum Gasteiger partial charge on any atom is 0.326 e. The molecule has 0 aliphatic heterocycles. The van der Waals surface area contributed by atoms with Gasteiger partial charge in [-0.1, -0.05) is 0 Å². The average molecular weight is 276 g/mol. The maximum absolute atomic E-state index is 11.6. The van der Waals surface area contributed by atoms with E-state index in [0.29, 0.717) is 13.0 Å². The highest BCUT2D eigenvalue weighted by Gasteiger charge is 2.23. The van der Waals surface area contributed by atoms with Gasteiger partial charge in [-0.25, -0.2) is 4.79 Å². The molecule has 0 saturated carbocycles. The number of methoxy groups -OCH3 is 1. The van der Waals surface area contributed by atoms with Crippen LogP contribution in [-0.4, -0.2) is 53.9 Å². The Morgan fingerprint density at radius 1 is 1.26 bits per heavy atom. The van der Waals surface area contributed by atoms with Gasteiger partial charge >= 0.3 is 11.9 Å². The summed E-state index contributed by atoms with van der Waals surface area (Å²) in [7, 11) is 1.50. The Kier molecular flexibility index (Phi) is 8.47. The van der Waals surface area contributed by atoms with Crippen LogP contribution in [0.1, 0.15) is 25.7 Å². The van der Waals surface area contributed by atoms with Crippen molar-refractivity contribution >= 4 is 17.8 Å². The zero-order chi connectivity index (χ0) is 14.8. The summed E-state index contributed by atoms with van der Waals surface area (Å²) in [6.45, 7) is 0.394. The number of ether oxygens (including phenoxy) is 1. The molecule has 0 heterocycles. The molecule has 0 saturated heterocycles. The molecule has 0 radical (unpaired) electrons. The Bertz CT molecular complexity index is 320. The third-order valence-electron chi connectivity index (χ3n) is 2.46. The number of nitrogens with one attached hydrogen (secondary N) is 1. The monoisotopic (exact) mass is 276 g/mol. The van der Waals surface area contributed by atoms with E-state index in [2.05, 4.69) is 5.32 Å². The molecule has 0 aromatic carbocycles. The van der Waals surface area contributed by atoms with Crippen molar-refractivity contribution in [3.8, 4) is 0 Å². The molecule has 0 aromatic heterocycles. The molecular weight excluding hydrogens is 256 g/mol. The molecule has 2 unspecified atom stereocenters. The van der Waals surface area contributed by atoms with Crippen LogP contribution in [0.25, 0.3) is 0 Å². The van der Waals surface area contributed by atoms with Crippen LogP contribution in [0.3, 0.4) is 0 Å². The van der Waals surface area contributed by atoms with Gasteiger partial charge in [0.25, 0.3) is 0 Å². The summed E-state index contributed by atoms with van der Waals surface area (Å²) in [5.74, 6) is -2.88. The van der Waals surface area contributed by atoms with Crippen molar-refractivity contribution in [2.75, 3.05) is 13.7 Å². The van der Waals surface area contributed by atoms with Crippen molar-refractivity contribution < 1.29 is 29.3 Å². The molecule has 0 rings (SSSR count). The molecule has 0 bridgehead atoms. The predicted octanol–water partition coefficient (Wildman–Crippen LogP) is -0.825. The lowest BCUT2D eigenvalue weighted by Crippen LogP contribution is -2.48. The molecule has 1 amide bonds. The zero-order valence-corrected chi connectivity index (χ0v) is 10.8. The Balaban J connectivity index is 4.21. The van der Waals surface area contributed by atoms with Crippen LogP contribution in [-0.2, 0) is 19.1 Å². The van der Waals surface area contributed by atoms with Gasteiger partial charge in [0.1, 0.15) is 6.04 Å². The number of hydrogen-bond acceptors (Lipinski definition) is 5.